The summed E-state index contributed by atoms with van der Waals surface area (Å²) in [6, 6.07) is -0.639. The highest BCUT2D eigenvalue weighted by molar-refractivity contribution is 4.90. The molecule has 19 heavy (non-hydrogen) atoms. The number of alkyl halides is 3. The van der Waals surface area contributed by atoms with E-state index in [0.717, 1.165) is 12.8 Å². The highest BCUT2D eigenvalue weighted by atomic mass is 19.4. The molecular formula is C12H21F3N4. The van der Waals surface area contributed by atoms with Crippen molar-refractivity contribution in [2.24, 2.45) is 0 Å². The topological polar surface area (TPSA) is 42.7 Å². The van der Waals surface area contributed by atoms with Gasteiger partial charge in [0.2, 0.25) is 0 Å². The zero-order chi connectivity index (χ0) is 14.3. The number of aryl methyl sites for hydroxylation is 1. The van der Waals surface area contributed by atoms with Crippen LogP contribution in [0.2, 0.25) is 0 Å². The number of hydrogen-bond donors (Lipinski definition) is 1. The molecule has 0 aliphatic rings. The van der Waals surface area contributed by atoms with E-state index in [9.17, 15) is 13.2 Å². The summed E-state index contributed by atoms with van der Waals surface area (Å²) < 4.78 is 39.3. The molecule has 0 saturated heterocycles. The molecule has 1 aromatic heterocycles. The molecule has 0 bridgehead atoms. The molecule has 0 aliphatic carbocycles. The van der Waals surface area contributed by atoms with E-state index in [1.165, 1.54) is 6.33 Å². The summed E-state index contributed by atoms with van der Waals surface area (Å²) in [5, 5.41) is 6.96. The molecule has 0 aliphatic heterocycles. The van der Waals surface area contributed by atoms with E-state index in [2.05, 4.69) is 15.4 Å². The summed E-state index contributed by atoms with van der Waals surface area (Å²) in [4.78, 5) is 4.06. The fourth-order valence-corrected chi connectivity index (χ4v) is 1.91. The van der Waals surface area contributed by atoms with Crippen molar-refractivity contribution in [1.82, 2.24) is 20.1 Å². The molecule has 1 rings (SSSR count). The van der Waals surface area contributed by atoms with E-state index in [0.29, 0.717) is 18.9 Å². The van der Waals surface area contributed by atoms with Gasteiger partial charge in [0.15, 0.2) is 0 Å². The second-order valence-corrected chi connectivity index (χ2v) is 4.57. The Kier molecular flexibility index (Phi) is 6.27. The van der Waals surface area contributed by atoms with E-state index in [-0.39, 0.29) is 6.42 Å². The fourth-order valence-electron chi connectivity index (χ4n) is 1.91. The van der Waals surface area contributed by atoms with Crippen LogP contribution < -0.4 is 5.32 Å². The molecule has 1 unspecified atom stereocenters. The van der Waals surface area contributed by atoms with Gasteiger partial charge in [0.1, 0.15) is 12.2 Å². The van der Waals surface area contributed by atoms with Crippen LogP contribution in [-0.4, -0.2) is 33.5 Å². The molecule has 1 atom stereocenters. The standard InChI is InChI=1S/C12H21F3N4/c1-3-5-16-10(8-12(13,14)15)7-11-17-9-18-19(11)6-4-2/h9-10,16H,3-8H2,1-2H3. The molecule has 0 radical (unpaired) electrons. The lowest BCUT2D eigenvalue weighted by Gasteiger charge is -2.19. The normalized spacial score (nSPS) is 13.7. The number of halogens is 3. The molecule has 1 aromatic rings. The first kappa shape index (κ1) is 15.9. The van der Waals surface area contributed by atoms with Crippen LogP contribution in [0.4, 0.5) is 13.2 Å². The maximum absolute atomic E-state index is 12.5. The molecule has 110 valence electrons. The van der Waals surface area contributed by atoms with Crippen molar-refractivity contribution in [1.29, 1.82) is 0 Å². The van der Waals surface area contributed by atoms with Crippen LogP contribution in [0.25, 0.3) is 0 Å². The smallest absolute Gasteiger partial charge is 0.313 e. The van der Waals surface area contributed by atoms with Crippen molar-refractivity contribution in [3.05, 3.63) is 12.2 Å². The molecule has 1 heterocycles. The number of hydrogen-bond acceptors (Lipinski definition) is 3. The first-order valence-corrected chi connectivity index (χ1v) is 6.63. The van der Waals surface area contributed by atoms with E-state index >= 15 is 0 Å². The van der Waals surface area contributed by atoms with Crippen LogP contribution >= 0.6 is 0 Å². The van der Waals surface area contributed by atoms with Gasteiger partial charge in [0.25, 0.3) is 0 Å². The monoisotopic (exact) mass is 278 g/mol. The van der Waals surface area contributed by atoms with Gasteiger partial charge in [-0.05, 0) is 19.4 Å². The maximum Gasteiger partial charge on any atom is 0.390 e. The van der Waals surface area contributed by atoms with Crippen molar-refractivity contribution in [2.45, 2.75) is 58.3 Å². The molecular weight excluding hydrogens is 257 g/mol. The number of nitrogens with zero attached hydrogens (tertiary/aromatic N) is 3. The van der Waals surface area contributed by atoms with Crippen molar-refractivity contribution in [2.75, 3.05) is 6.54 Å². The van der Waals surface area contributed by atoms with E-state index < -0.39 is 18.6 Å². The largest absolute Gasteiger partial charge is 0.390 e. The lowest BCUT2D eigenvalue weighted by atomic mass is 10.1. The third-order valence-electron chi connectivity index (χ3n) is 2.72. The Morgan fingerprint density at radius 3 is 2.63 bits per heavy atom. The van der Waals surface area contributed by atoms with Gasteiger partial charge in [0.05, 0.1) is 6.42 Å². The van der Waals surface area contributed by atoms with Gasteiger partial charge in [-0.15, -0.1) is 0 Å². The Bertz CT molecular complexity index is 362. The van der Waals surface area contributed by atoms with Crippen molar-refractivity contribution >= 4 is 0 Å². The predicted molar refractivity (Wildman–Crippen MR) is 66.8 cm³/mol. The third-order valence-corrected chi connectivity index (χ3v) is 2.72. The summed E-state index contributed by atoms with van der Waals surface area (Å²) in [5.41, 5.74) is 0. The summed E-state index contributed by atoms with van der Waals surface area (Å²) in [5.74, 6) is 0.611. The minimum atomic E-state index is -4.17. The first-order chi connectivity index (χ1) is 8.96. The summed E-state index contributed by atoms with van der Waals surface area (Å²) in [6.07, 6.45) is -1.68. The molecule has 1 N–H and O–H groups in total. The predicted octanol–water partition coefficient (Wildman–Crippen LogP) is 2.55. The van der Waals surface area contributed by atoms with E-state index in [4.69, 9.17) is 0 Å². The molecule has 0 spiro atoms. The van der Waals surface area contributed by atoms with Crippen LogP contribution in [0.5, 0.6) is 0 Å². The Hall–Kier alpha value is -1.11. The molecule has 4 nitrogen and oxygen atoms in total. The van der Waals surface area contributed by atoms with Crippen molar-refractivity contribution in [3.63, 3.8) is 0 Å². The summed E-state index contributed by atoms with van der Waals surface area (Å²) >= 11 is 0. The number of rotatable bonds is 8. The van der Waals surface area contributed by atoms with Crippen LogP contribution in [0.1, 0.15) is 38.9 Å². The minimum Gasteiger partial charge on any atom is -0.313 e. The highest BCUT2D eigenvalue weighted by Gasteiger charge is 2.32. The van der Waals surface area contributed by atoms with Crippen molar-refractivity contribution in [3.8, 4) is 0 Å². The van der Waals surface area contributed by atoms with E-state index in [1.807, 2.05) is 13.8 Å². The average molecular weight is 278 g/mol. The van der Waals surface area contributed by atoms with Crippen LogP contribution in [0, 0.1) is 0 Å². The van der Waals surface area contributed by atoms with Crippen LogP contribution in [0.3, 0.4) is 0 Å². The zero-order valence-electron chi connectivity index (χ0n) is 11.4. The van der Waals surface area contributed by atoms with Gasteiger partial charge >= 0.3 is 6.18 Å². The molecule has 0 saturated carbocycles. The lowest BCUT2D eigenvalue weighted by molar-refractivity contribution is -0.140. The summed E-state index contributed by atoms with van der Waals surface area (Å²) in [7, 11) is 0. The van der Waals surface area contributed by atoms with Crippen LogP contribution in [-0.2, 0) is 13.0 Å². The SMILES string of the molecule is CCCNC(Cc1ncnn1CCC)CC(F)(F)F. The molecule has 7 heteroatoms. The van der Waals surface area contributed by atoms with Gasteiger partial charge < -0.3 is 5.32 Å². The quantitative estimate of drug-likeness (QED) is 0.794. The Morgan fingerprint density at radius 2 is 2.05 bits per heavy atom. The van der Waals surface area contributed by atoms with Gasteiger partial charge in [-0.1, -0.05) is 13.8 Å². The average Bonchev–Trinajstić information content (AvgIpc) is 2.72. The zero-order valence-corrected chi connectivity index (χ0v) is 11.4. The van der Waals surface area contributed by atoms with Gasteiger partial charge in [-0.3, -0.25) is 4.68 Å². The van der Waals surface area contributed by atoms with Crippen LogP contribution in [0.15, 0.2) is 6.33 Å². The lowest BCUT2D eigenvalue weighted by Crippen LogP contribution is -2.36. The fraction of sp³-hybridized carbons (Fsp3) is 0.833. The third kappa shape index (κ3) is 6.04. The second kappa shape index (κ2) is 7.47. The maximum atomic E-state index is 12.5. The first-order valence-electron chi connectivity index (χ1n) is 6.63. The van der Waals surface area contributed by atoms with Gasteiger partial charge in [-0.2, -0.15) is 18.3 Å². The molecule has 0 aromatic carbocycles. The molecule has 0 fully saturated rings. The highest BCUT2D eigenvalue weighted by Crippen LogP contribution is 2.23. The Labute approximate surface area is 111 Å². The minimum absolute atomic E-state index is 0.250. The Morgan fingerprint density at radius 1 is 1.32 bits per heavy atom. The molecule has 0 amide bonds. The van der Waals surface area contributed by atoms with E-state index in [1.54, 1.807) is 4.68 Å². The van der Waals surface area contributed by atoms with Gasteiger partial charge in [-0.25, -0.2) is 4.98 Å². The number of nitrogens with one attached hydrogen (secondary N) is 1. The summed E-state index contributed by atoms with van der Waals surface area (Å²) in [6.45, 7) is 5.18. The second-order valence-electron chi connectivity index (χ2n) is 4.57. The van der Waals surface area contributed by atoms with Crippen molar-refractivity contribution < 1.29 is 13.2 Å². The number of aromatic nitrogens is 3. The van der Waals surface area contributed by atoms with Gasteiger partial charge in [0, 0.05) is 19.0 Å². The Balaban J connectivity index is 2.67.